The number of hydrogen-bond acceptors (Lipinski definition) is 3. The molecule has 0 saturated heterocycles. The average Bonchev–Trinajstić information content (AvgIpc) is 3.11. The largest absolute Gasteiger partial charge is 0.472 e. The standard InChI is InChI=1S/C17H13Cl2N3O2/c18-15-2-1-14(6-16(15)19)22-17(23)21-8-11-5-13(9-20-7-11)12-3-4-24-10-12/h1-7,9-10H,8H2,(H2,21,22,23). The van der Waals surface area contributed by atoms with E-state index in [1.807, 2.05) is 12.1 Å². The maximum Gasteiger partial charge on any atom is 0.319 e. The molecule has 2 N–H and O–H groups in total. The van der Waals surface area contributed by atoms with E-state index >= 15 is 0 Å². The van der Waals surface area contributed by atoms with Gasteiger partial charge in [0.2, 0.25) is 0 Å². The second-order valence-electron chi connectivity index (χ2n) is 5.03. The van der Waals surface area contributed by atoms with E-state index < -0.39 is 0 Å². The van der Waals surface area contributed by atoms with E-state index in [0.717, 1.165) is 16.7 Å². The first-order valence-corrected chi connectivity index (χ1v) is 7.84. The molecule has 0 atom stereocenters. The van der Waals surface area contributed by atoms with Gasteiger partial charge in [0.15, 0.2) is 0 Å². The van der Waals surface area contributed by atoms with E-state index in [2.05, 4.69) is 15.6 Å². The summed E-state index contributed by atoms with van der Waals surface area (Å²) in [5, 5.41) is 6.27. The van der Waals surface area contributed by atoms with E-state index in [1.54, 1.807) is 43.1 Å². The molecule has 0 aliphatic heterocycles. The smallest absolute Gasteiger partial charge is 0.319 e. The predicted octanol–water partition coefficient (Wildman–Crippen LogP) is 4.97. The number of halogens is 2. The molecule has 3 rings (SSSR count). The molecule has 0 aliphatic carbocycles. The molecule has 2 amide bonds. The average molecular weight is 362 g/mol. The van der Waals surface area contributed by atoms with Gasteiger partial charge in [-0.3, -0.25) is 4.98 Å². The Balaban J connectivity index is 1.60. The Labute approximate surface area is 148 Å². The van der Waals surface area contributed by atoms with Gasteiger partial charge >= 0.3 is 6.03 Å². The van der Waals surface area contributed by atoms with Crippen LogP contribution in [0.2, 0.25) is 10.0 Å². The Morgan fingerprint density at radius 1 is 1.08 bits per heavy atom. The van der Waals surface area contributed by atoms with Crippen molar-refractivity contribution in [3.05, 3.63) is 70.9 Å². The van der Waals surface area contributed by atoms with Crippen LogP contribution in [0.3, 0.4) is 0 Å². The number of nitrogens with zero attached hydrogens (tertiary/aromatic N) is 1. The van der Waals surface area contributed by atoms with Gasteiger partial charge in [-0.2, -0.15) is 0 Å². The van der Waals surface area contributed by atoms with Crippen LogP contribution in [-0.4, -0.2) is 11.0 Å². The van der Waals surface area contributed by atoms with Gasteiger partial charge in [0.25, 0.3) is 0 Å². The summed E-state index contributed by atoms with van der Waals surface area (Å²) in [6.45, 7) is 0.339. The summed E-state index contributed by atoms with van der Waals surface area (Å²) in [6, 6.07) is 8.34. The van der Waals surface area contributed by atoms with Crippen molar-refractivity contribution in [2.45, 2.75) is 6.54 Å². The van der Waals surface area contributed by atoms with Gasteiger partial charge in [0.05, 0.1) is 22.6 Å². The molecule has 0 saturated carbocycles. The predicted molar refractivity (Wildman–Crippen MR) is 94.3 cm³/mol. The zero-order chi connectivity index (χ0) is 16.9. The summed E-state index contributed by atoms with van der Waals surface area (Å²) < 4.78 is 5.06. The van der Waals surface area contributed by atoms with Crippen LogP contribution in [0.15, 0.2) is 59.7 Å². The molecule has 0 unspecified atom stereocenters. The van der Waals surface area contributed by atoms with Crippen LogP contribution in [0.25, 0.3) is 11.1 Å². The maximum atomic E-state index is 12.0. The van der Waals surface area contributed by atoms with Crippen molar-refractivity contribution in [3.63, 3.8) is 0 Å². The van der Waals surface area contributed by atoms with Crippen LogP contribution in [-0.2, 0) is 6.54 Å². The molecule has 7 heteroatoms. The van der Waals surface area contributed by atoms with Gasteiger partial charge in [-0.15, -0.1) is 0 Å². The Morgan fingerprint density at radius 2 is 1.96 bits per heavy atom. The van der Waals surface area contributed by atoms with Gasteiger partial charge in [-0.25, -0.2) is 4.79 Å². The number of anilines is 1. The van der Waals surface area contributed by atoms with Crippen LogP contribution in [0.5, 0.6) is 0 Å². The molecule has 0 bridgehead atoms. The minimum absolute atomic E-state index is 0.339. The van der Waals surface area contributed by atoms with Gasteiger partial charge < -0.3 is 15.1 Å². The quantitative estimate of drug-likeness (QED) is 0.689. The molecule has 24 heavy (non-hydrogen) atoms. The van der Waals surface area contributed by atoms with Gasteiger partial charge in [-0.05, 0) is 35.9 Å². The topological polar surface area (TPSA) is 67.2 Å². The van der Waals surface area contributed by atoms with E-state index in [1.165, 1.54) is 0 Å². The maximum absolute atomic E-state index is 12.0. The summed E-state index contributed by atoms with van der Waals surface area (Å²) >= 11 is 11.8. The lowest BCUT2D eigenvalue weighted by Crippen LogP contribution is -2.28. The molecule has 0 radical (unpaired) electrons. The molecule has 5 nitrogen and oxygen atoms in total. The van der Waals surface area contributed by atoms with Crippen LogP contribution >= 0.6 is 23.2 Å². The normalized spacial score (nSPS) is 10.4. The fourth-order valence-corrected chi connectivity index (χ4v) is 2.40. The second-order valence-corrected chi connectivity index (χ2v) is 5.84. The van der Waals surface area contributed by atoms with Crippen LogP contribution in [0.1, 0.15) is 5.56 Å². The lowest BCUT2D eigenvalue weighted by molar-refractivity contribution is 0.251. The molecule has 2 aromatic heterocycles. The molecule has 0 spiro atoms. The number of pyridine rings is 1. The van der Waals surface area contributed by atoms with Crippen molar-refractivity contribution in [2.24, 2.45) is 0 Å². The highest BCUT2D eigenvalue weighted by molar-refractivity contribution is 6.42. The number of hydrogen-bond donors (Lipinski definition) is 2. The van der Waals surface area contributed by atoms with Crippen molar-refractivity contribution < 1.29 is 9.21 Å². The molecule has 0 aliphatic rings. The second kappa shape index (κ2) is 7.38. The molecule has 2 heterocycles. The zero-order valence-electron chi connectivity index (χ0n) is 12.4. The first-order valence-electron chi connectivity index (χ1n) is 7.08. The molecule has 3 aromatic rings. The molecular weight excluding hydrogens is 349 g/mol. The van der Waals surface area contributed by atoms with Crippen LogP contribution in [0, 0.1) is 0 Å². The Morgan fingerprint density at radius 3 is 2.71 bits per heavy atom. The fraction of sp³-hybridized carbons (Fsp3) is 0.0588. The molecular formula is C17H13Cl2N3O2. The van der Waals surface area contributed by atoms with E-state index in [-0.39, 0.29) is 6.03 Å². The molecule has 0 fully saturated rings. The summed E-state index contributed by atoms with van der Waals surface area (Å²) in [7, 11) is 0. The summed E-state index contributed by atoms with van der Waals surface area (Å²) in [5.74, 6) is 0. The lowest BCUT2D eigenvalue weighted by Gasteiger charge is -2.09. The third-order valence-corrected chi connectivity index (χ3v) is 4.02. The SMILES string of the molecule is O=C(NCc1cncc(-c2ccoc2)c1)Nc1ccc(Cl)c(Cl)c1. The van der Waals surface area contributed by atoms with Crippen molar-refractivity contribution in [1.29, 1.82) is 0 Å². The number of amides is 2. The zero-order valence-corrected chi connectivity index (χ0v) is 13.9. The minimum atomic E-state index is -0.345. The third-order valence-electron chi connectivity index (χ3n) is 3.28. The summed E-state index contributed by atoms with van der Waals surface area (Å²) in [6.07, 6.45) is 6.68. The van der Waals surface area contributed by atoms with E-state index in [0.29, 0.717) is 22.3 Å². The Kier molecular flexibility index (Phi) is 5.03. The number of carbonyl (C=O) groups is 1. The number of benzene rings is 1. The van der Waals surface area contributed by atoms with E-state index in [9.17, 15) is 4.79 Å². The van der Waals surface area contributed by atoms with Crippen molar-refractivity contribution in [3.8, 4) is 11.1 Å². The lowest BCUT2D eigenvalue weighted by atomic mass is 10.1. The highest BCUT2D eigenvalue weighted by Crippen LogP contribution is 2.25. The first kappa shape index (κ1) is 16.4. The first-order chi connectivity index (χ1) is 11.6. The number of furan rings is 1. The highest BCUT2D eigenvalue weighted by Gasteiger charge is 2.06. The van der Waals surface area contributed by atoms with Gasteiger partial charge in [0, 0.05) is 35.8 Å². The van der Waals surface area contributed by atoms with Gasteiger partial charge in [0.1, 0.15) is 0 Å². The van der Waals surface area contributed by atoms with Crippen LogP contribution < -0.4 is 10.6 Å². The molecule has 1 aromatic carbocycles. The van der Waals surface area contributed by atoms with Gasteiger partial charge in [-0.1, -0.05) is 23.2 Å². The number of nitrogens with one attached hydrogen (secondary N) is 2. The monoisotopic (exact) mass is 361 g/mol. The number of rotatable bonds is 4. The number of aromatic nitrogens is 1. The Hall–Kier alpha value is -2.50. The van der Waals surface area contributed by atoms with Crippen molar-refractivity contribution >= 4 is 34.9 Å². The number of carbonyl (C=O) groups excluding carboxylic acids is 1. The van der Waals surface area contributed by atoms with E-state index in [4.69, 9.17) is 27.6 Å². The van der Waals surface area contributed by atoms with Crippen molar-refractivity contribution in [2.75, 3.05) is 5.32 Å². The Bertz CT molecular complexity index is 851. The minimum Gasteiger partial charge on any atom is -0.472 e. The summed E-state index contributed by atoms with van der Waals surface area (Å²) in [5.41, 5.74) is 3.29. The third kappa shape index (κ3) is 4.07. The summed E-state index contributed by atoms with van der Waals surface area (Å²) in [4.78, 5) is 16.1. The fourth-order valence-electron chi connectivity index (χ4n) is 2.10. The number of urea groups is 1. The van der Waals surface area contributed by atoms with Crippen molar-refractivity contribution in [1.82, 2.24) is 10.3 Å². The molecule has 122 valence electrons. The van der Waals surface area contributed by atoms with Crippen LogP contribution in [0.4, 0.5) is 10.5 Å². The highest BCUT2D eigenvalue weighted by atomic mass is 35.5.